The molecular formula is C42H68O17. The molecule has 7 rings (SSSR count). The van der Waals surface area contributed by atoms with E-state index >= 15 is 0 Å². The van der Waals surface area contributed by atoms with Crippen LogP contribution in [-0.2, 0) is 23.7 Å². The van der Waals surface area contributed by atoms with Crippen LogP contribution in [0, 0.1) is 50.2 Å². The molecule has 338 valence electrons. The molecule has 22 atom stereocenters. The average Bonchev–Trinajstić information content (AvgIpc) is 3.18. The molecule has 5 aliphatic carbocycles. The highest BCUT2D eigenvalue weighted by Crippen LogP contribution is 2.76. The molecule has 4 saturated carbocycles. The highest BCUT2D eigenvalue weighted by Gasteiger charge is 2.73. The second kappa shape index (κ2) is 15.4. The number of allylic oxidation sites excluding steroid dienone is 1. The summed E-state index contributed by atoms with van der Waals surface area (Å²) in [6.45, 7) is 10.2. The number of hydrogen-bond donors (Lipinski definition) is 12. The summed E-state index contributed by atoms with van der Waals surface area (Å²) >= 11 is 0. The summed E-state index contributed by atoms with van der Waals surface area (Å²) in [5, 5.41) is 131. The van der Waals surface area contributed by atoms with Crippen molar-refractivity contribution in [3.05, 3.63) is 11.6 Å². The normalized spacial score (nSPS) is 55.8. The van der Waals surface area contributed by atoms with Crippen LogP contribution in [0.15, 0.2) is 11.6 Å². The first-order chi connectivity index (χ1) is 27.4. The minimum absolute atomic E-state index is 0.112. The zero-order chi connectivity index (χ0) is 43.6. The van der Waals surface area contributed by atoms with Gasteiger partial charge >= 0.3 is 5.97 Å². The lowest BCUT2D eigenvalue weighted by Gasteiger charge is -2.72. The zero-order valence-electron chi connectivity index (χ0n) is 34.9. The fourth-order valence-electron chi connectivity index (χ4n) is 13.7. The molecule has 0 bridgehead atoms. The van der Waals surface area contributed by atoms with Gasteiger partial charge in [0, 0.05) is 17.3 Å². The van der Waals surface area contributed by atoms with Crippen molar-refractivity contribution < 1.29 is 85.0 Å². The molecule has 2 heterocycles. The highest BCUT2D eigenvalue weighted by molar-refractivity contribution is 5.79. The molecule has 0 aromatic heterocycles. The molecule has 0 spiro atoms. The topological polar surface area (TPSA) is 297 Å². The number of aliphatic hydroxyl groups is 12. The van der Waals surface area contributed by atoms with Crippen molar-refractivity contribution in [2.75, 3.05) is 19.8 Å². The van der Waals surface area contributed by atoms with Crippen molar-refractivity contribution in [2.24, 2.45) is 50.2 Å². The fraction of sp³-hybridized carbons (Fsp3) is 0.929. The Balaban J connectivity index is 1.17. The summed E-state index contributed by atoms with van der Waals surface area (Å²) in [5.41, 5.74) is -4.22. The van der Waals surface area contributed by atoms with E-state index in [4.69, 9.17) is 18.9 Å². The van der Waals surface area contributed by atoms with Gasteiger partial charge in [-0.05, 0) is 72.5 Å². The Hall–Kier alpha value is -1.39. The van der Waals surface area contributed by atoms with Crippen LogP contribution in [-0.4, -0.2) is 173 Å². The Labute approximate surface area is 344 Å². The lowest BCUT2D eigenvalue weighted by molar-refractivity contribution is -0.328. The first-order valence-corrected chi connectivity index (χ1v) is 21.3. The second-order valence-electron chi connectivity index (χ2n) is 20.9. The van der Waals surface area contributed by atoms with Crippen LogP contribution in [0.1, 0.15) is 86.5 Å². The maximum absolute atomic E-state index is 14.8. The van der Waals surface area contributed by atoms with Crippen LogP contribution in [0.3, 0.4) is 0 Å². The third-order valence-corrected chi connectivity index (χ3v) is 17.4. The molecule has 0 aromatic rings. The van der Waals surface area contributed by atoms with Crippen LogP contribution >= 0.6 is 0 Å². The van der Waals surface area contributed by atoms with Crippen molar-refractivity contribution in [1.29, 1.82) is 0 Å². The Kier molecular flexibility index (Phi) is 11.9. The van der Waals surface area contributed by atoms with Gasteiger partial charge in [-0.15, -0.1) is 0 Å². The molecule has 0 radical (unpaired) electrons. The Morgan fingerprint density at radius 2 is 1.31 bits per heavy atom. The molecule has 59 heavy (non-hydrogen) atoms. The Morgan fingerprint density at radius 3 is 1.93 bits per heavy atom. The van der Waals surface area contributed by atoms with Crippen molar-refractivity contribution in [3.8, 4) is 0 Å². The van der Waals surface area contributed by atoms with E-state index in [-0.39, 0.29) is 18.8 Å². The van der Waals surface area contributed by atoms with Crippen LogP contribution < -0.4 is 0 Å². The predicted molar refractivity (Wildman–Crippen MR) is 203 cm³/mol. The second-order valence-corrected chi connectivity index (χ2v) is 20.9. The average molecular weight is 845 g/mol. The Bertz CT molecular complexity index is 1610. The third kappa shape index (κ3) is 6.54. The maximum Gasteiger partial charge on any atom is 0.315 e. The molecule has 2 aliphatic heterocycles. The molecule has 17 heteroatoms. The van der Waals surface area contributed by atoms with Crippen LogP contribution in [0.5, 0.6) is 0 Å². The largest absolute Gasteiger partial charge is 0.432 e. The van der Waals surface area contributed by atoms with Gasteiger partial charge in [0.2, 0.25) is 6.29 Å². The van der Waals surface area contributed by atoms with Gasteiger partial charge in [0.15, 0.2) is 6.29 Å². The molecule has 0 amide bonds. The van der Waals surface area contributed by atoms with Crippen molar-refractivity contribution in [1.82, 2.24) is 0 Å². The number of ether oxygens (including phenoxy) is 4. The van der Waals surface area contributed by atoms with Crippen LogP contribution in [0.25, 0.3) is 0 Å². The summed E-state index contributed by atoms with van der Waals surface area (Å²) in [6.07, 6.45) is -16.5. The van der Waals surface area contributed by atoms with Gasteiger partial charge in [0.25, 0.3) is 0 Å². The lowest BCUT2D eigenvalue weighted by Crippen LogP contribution is -2.72. The number of carbonyl (C=O) groups excluding carboxylic acids is 1. The number of hydrogen-bond acceptors (Lipinski definition) is 17. The van der Waals surface area contributed by atoms with Gasteiger partial charge in [-0.3, -0.25) is 4.79 Å². The van der Waals surface area contributed by atoms with Crippen LogP contribution in [0.4, 0.5) is 0 Å². The van der Waals surface area contributed by atoms with E-state index in [1.807, 2.05) is 20.8 Å². The van der Waals surface area contributed by atoms with Gasteiger partial charge in [0.1, 0.15) is 48.8 Å². The summed E-state index contributed by atoms with van der Waals surface area (Å²) in [4.78, 5) is 14.8. The van der Waals surface area contributed by atoms with Crippen molar-refractivity contribution in [3.63, 3.8) is 0 Å². The van der Waals surface area contributed by atoms with E-state index < -0.39 is 156 Å². The number of rotatable bonds is 7. The van der Waals surface area contributed by atoms with Gasteiger partial charge in [-0.25, -0.2) is 0 Å². The minimum Gasteiger partial charge on any atom is -0.432 e. The monoisotopic (exact) mass is 844 g/mol. The summed E-state index contributed by atoms with van der Waals surface area (Å²) in [5.74, 6) is -2.17. The quantitative estimate of drug-likeness (QED) is 0.0995. The molecule has 17 nitrogen and oxygen atoms in total. The molecule has 22 unspecified atom stereocenters. The zero-order valence-corrected chi connectivity index (χ0v) is 34.9. The highest BCUT2D eigenvalue weighted by atomic mass is 16.7. The third-order valence-electron chi connectivity index (χ3n) is 17.4. The standard InChI is InChI=1S/C42H68O17/c1-37(2)9-11-42(36(55)59-35-30(52)28(50)26(48)22(58-35)16-56-34-29(51)27(49)25(47)21(15-43)57-34)12-10-40(5)18(24(42)33(37)54)7-8-23-38(3)13-20(46)32(53)39(4,17-44)31(38)19(45)14-41(23,40)6/h7,19-35,43-54H,8-17H2,1-6H3. The number of aliphatic hydroxyl groups excluding tert-OH is 12. The fourth-order valence-corrected chi connectivity index (χ4v) is 13.7. The molecule has 2 saturated heterocycles. The molecule has 7 aliphatic rings. The number of carbonyl (C=O) groups is 1. The number of fused-ring (bicyclic) bond motifs is 7. The van der Waals surface area contributed by atoms with E-state index in [1.54, 1.807) is 6.92 Å². The SMILES string of the molecule is CC1(C)CCC2(C(=O)OC3OC(COC4OC(CO)C(O)C(O)C4O)C(O)C(O)C3O)CCC3(C)C(=CCC4C5(C)CC(O)C(O)C(C)(CO)C5C(O)CC43C)C2C1O. The van der Waals surface area contributed by atoms with E-state index in [1.165, 1.54) is 0 Å². The van der Waals surface area contributed by atoms with Crippen molar-refractivity contribution in [2.45, 2.75) is 172 Å². The summed E-state index contributed by atoms with van der Waals surface area (Å²) in [6, 6.07) is 0. The Morgan fingerprint density at radius 1 is 0.712 bits per heavy atom. The molecule has 12 N–H and O–H groups in total. The van der Waals surface area contributed by atoms with Gasteiger partial charge in [-0.2, -0.15) is 0 Å². The number of esters is 1. The van der Waals surface area contributed by atoms with Gasteiger partial charge in [0.05, 0.1) is 49.7 Å². The van der Waals surface area contributed by atoms with Gasteiger partial charge < -0.3 is 80.2 Å². The smallest absolute Gasteiger partial charge is 0.315 e. The van der Waals surface area contributed by atoms with Crippen molar-refractivity contribution >= 4 is 5.97 Å². The first kappa shape index (κ1) is 45.6. The van der Waals surface area contributed by atoms with E-state index in [9.17, 15) is 66.1 Å². The summed E-state index contributed by atoms with van der Waals surface area (Å²) < 4.78 is 22.8. The lowest BCUT2D eigenvalue weighted by atomic mass is 9.32. The molecule has 0 aromatic carbocycles. The van der Waals surface area contributed by atoms with E-state index in [0.29, 0.717) is 32.1 Å². The first-order valence-electron chi connectivity index (χ1n) is 21.3. The molecule has 6 fully saturated rings. The molecular weight excluding hydrogens is 776 g/mol. The summed E-state index contributed by atoms with van der Waals surface area (Å²) in [7, 11) is 0. The maximum atomic E-state index is 14.8. The minimum atomic E-state index is -1.90. The van der Waals surface area contributed by atoms with Crippen LogP contribution in [0.2, 0.25) is 0 Å². The van der Waals surface area contributed by atoms with E-state index in [2.05, 4.69) is 19.9 Å². The predicted octanol–water partition coefficient (Wildman–Crippen LogP) is -1.80. The van der Waals surface area contributed by atoms with Gasteiger partial charge in [-0.1, -0.05) is 53.2 Å². The van der Waals surface area contributed by atoms with E-state index in [0.717, 1.165) is 5.57 Å².